The molecular formula is C14H24N2O. The smallest absolute Gasteiger partial charge is 0.228 e. The molecule has 1 amide bonds. The van der Waals surface area contributed by atoms with Gasteiger partial charge in [0.1, 0.15) is 0 Å². The minimum atomic E-state index is -0.217. The maximum atomic E-state index is 12.3. The molecule has 17 heavy (non-hydrogen) atoms. The third kappa shape index (κ3) is 1.79. The predicted octanol–water partition coefficient (Wildman–Crippen LogP) is 1.87. The number of hydrogen-bond acceptors (Lipinski definition) is 2. The molecule has 3 saturated heterocycles. The van der Waals surface area contributed by atoms with E-state index in [0.717, 1.165) is 19.1 Å². The average molecular weight is 236 g/mol. The molecule has 4 fully saturated rings. The fourth-order valence-corrected chi connectivity index (χ4v) is 3.56. The van der Waals surface area contributed by atoms with Crippen LogP contribution in [0.3, 0.4) is 0 Å². The molecule has 4 aliphatic rings. The summed E-state index contributed by atoms with van der Waals surface area (Å²) in [6.07, 6.45) is 5.51. The van der Waals surface area contributed by atoms with E-state index in [1.54, 1.807) is 0 Å². The van der Waals surface area contributed by atoms with Crippen LogP contribution in [-0.4, -0.2) is 46.9 Å². The molecule has 0 aromatic carbocycles. The maximum Gasteiger partial charge on any atom is 0.228 e. The summed E-state index contributed by atoms with van der Waals surface area (Å²) in [5, 5.41) is 0. The van der Waals surface area contributed by atoms with Crippen molar-refractivity contribution in [1.29, 1.82) is 0 Å². The Morgan fingerprint density at radius 1 is 1.06 bits per heavy atom. The van der Waals surface area contributed by atoms with Crippen LogP contribution in [0.1, 0.15) is 46.5 Å². The standard InChI is InChI=1S/C14H24N2O/c1-14(2,3)13(17)15-8-11-7-12(9-15)16(11)10-5-4-6-10/h10-12H,4-9H2,1-3H3. The van der Waals surface area contributed by atoms with Gasteiger partial charge < -0.3 is 4.90 Å². The molecule has 2 unspecified atom stereocenters. The van der Waals surface area contributed by atoms with Gasteiger partial charge in [0.25, 0.3) is 0 Å². The summed E-state index contributed by atoms with van der Waals surface area (Å²) < 4.78 is 0. The van der Waals surface area contributed by atoms with Crippen molar-refractivity contribution in [2.45, 2.75) is 64.6 Å². The van der Waals surface area contributed by atoms with Gasteiger partial charge in [-0.1, -0.05) is 27.2 Å². The minimum absolute atomic E-state index is 0.217. The first kappa shape index (κ1) is 11.5. The molecule has 1 saturated carbocycles. The number of fused-ring (bicyclic) bond motifs is 2. The second-order valence-corrected chi connectivity index (χ2v) is 7.04. The van der Waals surface area contributed by atoms with Crippen molar-refractivity contribution in [2.24, 2.45) is 5.41 Å². The molecule has 3 heteroatoms. The van der Waals surface area contributed by atoms with Gasteiger partial charge in [-0.3, -0.25) is 9.69 Å². The lowest BCUT2D eigenvalue weighted by molar-refractivity contribution is -0.158. The van der Waals surface area contributed by atoms with Crippen LogP contribution >= 0.6 is 0 Å². The zero-order valence-electron chi connectivity index (χ0n) is 11.3. The van der Waals surface area contributed by atoms with Crippen LogP contribution in [0.4, 0.5) is 0 Å². The highest BCUT2D eigenvalue weighted by Crippen LogP contribution is 2.40. The Balaban J connectivity index is 1.62. The Morgan fingerprint density at radius 3 is 2.06 bits per heavy atom. The van der Waals surface area contributed by atoms with Gasteiger partial charge in [-0.2, -0.15) is 0 Å². The van der Waals surface area contributed by atoms with E-state index >= 15 is 0 Å². The lowest BCUT2D eigenvalue weighted by atomic mass is 9.79. The first-order valence-corrected chi connectivity index (χ1v) is 7.03. The molecule has 1 aliphatic carbocycles. The van der Waals surface area contributed by atoms with E-state index in [0.29, 0.717) is 18.0 Å². The third-order valence-corrected chi connectivity index (χ3v) is 4.67. The second-order valence-electron chi connectivity index (χ2n) is 7.04. The van der Waals surface area contributed by atoms with Crippen molar-refractivity contribution in [2.75, 3.05) is 13.1 Å². The zero-order chi connectivity index (χ0) is 12.2. The van der Waals surface area contributed by atoms with Crippen molar-refractivity contribution in [3.8, 4) is 0 Å². The second kappa shape index (κ2) is 3.71. The summed E-state index contributed by atoms with van der Waals surface area (Å²) in [6, 6.07) is 2.20. The van der Waals surface area contributed by atoms with E-state index in [-0.39, 0.29) is 5.41 Å². The topological polar surface area (TPSA) is 23.6 Å². The SMILES string of the molecule is CC(C)(C)C(=O)N1CC2CC(C1)N2C1CCC1. The highest BCUT2D eigenvalue weighted by Gasteiger charge is 2.50. The van der Waals surface area contributed by atoms with Gasteiger partial charge in [0, 0.05) is 36.6 Å². The Kier molecular flexibility index (Phi) is 2.51. The molecule has 3 heterocycles. The number of piperidine rings is 1. The number of piperazine rings is 1. The summed E-state index contributed by atoms with van der Waals surface area (Å²) in [5.74, 6) is 0.334. The molecule has 2 bridgehead atoms. The molecule has 3 nitrogen and oxygen atoms in total. The van der Waals surface area contributed by atoms with Gasteiger partial charge in [0.15, 0.2) is 0 Å². The van der Waals surface area contributed by atoms with Crippen LogP contribution in [0, 0.1) is 5.41 Å². The van der Waals surface area contributed by atoms with Gasteiger partial charge in [0.2, 0.25) is 5.91 Å². The van der Waals surface area contributed by atoms with Crippen molar-refractivity contribution in [1.82, 2.24) is 9.80 Å². The minimum Gasteiger partial charge on any atom is -0.339 e. The van der Waals surface area contributed by atoms with Crippen molar-refractivity contribution >= 4 is 5.91 Å². The van der Waals surface area contributed by atoms with Crippen molar-refractivity contribution < 1.29 is 4.79 Å². The fourth-order valence-electron chi connectivity index (χ4n) is 3.56. The fraction of sp³-hybridized carbons (Fsp3) is 0.929. The average Bonchev–Trinajstić information content (AvgIpc) is 2.20. The largest absolute Gasteiger partial charge is 0.339 e. The van der Waals surface area contributed by atoms with Gasteiger partial charge in [-0.15, -0.1) is 0 Å². The molecule has 0 aromatic heterocycles. The summed E-state index contributed by atoms with van der Waals surface area (Å²) in [4.78, 5) is 17.1. The highest BCUT2D eigenvalue weighted by atomic mass is 16.2. The number of hydrogen-bond donors (Lipinski definition) is 0. The maximum absolute atomic E-state index is 12.3. The quantitative estimate of drug-likeness (QED) is 0.694. The van der Waals surface area contributed by atoms with E-state index in [4.69, 9.17) is 0 Å². The molecular weight excluding hydrogens is 212 g/mol. The van der Waals surface area contributed by atoms with Crippen LogP contribution in [-0.2, 0) is 4.79 Å². The van der Waals surface area contributed by atoms with Crippen LogP contribution < -0.4 is 0 Å². The summed E-state index contributed by atoms with van der Waals surface area (Å²) in [6.45, 7) is 8.03. The molecule has 96 valence electrons. The lowest BCUT2D eigenvalue weighted by Gasteiger charge is -2.61. The van der Waals surface area contributed by atoms with Crippen LogP contribution in [0.15, 0.2) is 0 Å². The molecule has 0 N–H and O–H groups in total. The van der Waals surface area contributed by atoms with Gasteiger partial charge in [-0.05, 0) is 19.3 Å². The first-order chi connectivity index (χ1) is 7.97. The van der Waals surface area contributed by atoms with Crippen molar-refractivity contribution in [3.05, 3.63) is 0 Å². The number of rotatable bonds is 1. The Labute approximate surface area is 104 Å². The Bertz CT molecular complexity index is 318. The van der Waals surface area contributed by atoms with E-state index in [1.807, 2.05) is 20.8 Å². The third-order valence-electron chi connectivity index (χ3n) is 4.67. The van der Waals surface area contributed by atoms with Crippen LogP contribution in [0.2, 0.25) is 0 Å². The molecule has 0 aromatic rings. The number of carbonyl (C=O) groups excluding carboxylic acids is 1. The highest BCUT2D eigenvalue weighted by molar-refractivity contribution is 5.81. The van der Waals surface area contributed by atoms with Crippen LogP contribution in [0.25, 0.3) is 0 Å². The van der Waals surface area contributed by atoms with Gasteiger partial charge >= 0.3 is 0 Å². The lowest BCUT2D eigenvalue weighted by Crippen LogP contribution is -2.73. The number of carbonyl (C=O) groups is 1. The molecule has 4 rings (SSSR count). The number of nitrogens with zero attached hydrogens (tertiary/aromatic N) is 2. The normalized spacial score (nSPS) is 34.2. The summed E-state index contributed by atoms with van der Waals surface area (Å²) in [7, 11) is 0. The molecule has 0 radical (unpaired) electrons. The molecule has 3 aliphatic heterocycles. The van der Waals surface area contributed by atoms with E-state index in [1.165, 1.54) is 25.7 Å². The summed E-state index contributed by atoms with van der Waals surface area (Å²) in [5.41, 5.74) is -0.217. The predicted molar refractivity (Wildman–Crippen MR) is 67.7 cm³/mol. The Hall–Kier alpha value is -0.570. The van der Waals surface area contributed by atoms with Crippen LogP contribution in [0.5, 0.6) is 0 Å². The summed E-state index contributed by atoms with van der Waals surface area (Å²) >= 11 is 0. The monoisotopic (exact) mass is 236 g/mol. The zero-order valence-corrected chi connectivity index (χ0v) is 11.3. The van der Waals surface area contributed by atoms with Gasteiger partial charge in [0.05, 0.1) is 0 Å². The van der Waals surface area contributed by atoms with Crippen molar-refractivity contribution in [3.63, 3.8) is 0 Å². The first-order valence-electron chi connectivity index (χ1n) is 7.03. The van der Waals surface area contributed by atoms with E-state index in [2.05, 4.69) is 9.80 Å². The molecule has 2 atom stereocenters. The van der Waals surface area contributed by atoms with E-state index in [9.17, 15) is 4.79 Å². The van der Waals surface area contributed by atoms with E-state index < -0.39 is 0 Å². The number of amides is 1. The Morgan fingerprint density at radius 2 is 1.65 bits per heavy atom. The molecule has 0 spiro atoms. The van der Waals surface area contributed by atoms with Gasteiger partial charge in [-0.25, -0.2) is 0 Å².